The molecule has 5 heteroatoms. The molecule has 0 aliphatic carbocycles. The van der Waals surface area contributed by atoms with E-state index >= 15 is 0 Å². The Bertz CT molecular complexity index is 528. The zero-order valence-electron chi connectivity index (χ0n) is 11.2. The molecule has 0 aromatic heterocycles. The summed E-state index contributed by atoms with van der Waals surface area (Å²) in [5.74, 6) is 0.909. The smallest absolute Gasteiger partial charge is 0.223 e. The van der Waals surface area contributed by atoms with Crippen molar-refractivity contribution in [3.63, 3.8) is 0 Å². The lowest BCUT2D eigenvalue weighted by Crippen LogP contribution is -2.39. The predicted molar refractivity (Wildman–Crippen MR) is 70.6 cm³/mol. The largest absolute Gasteiger partial charge is 0.493 e. The van der Waals surface area contributed by atoms with Crippen LogP contribution in [0.5, 0.6) is 5.75 Å². The summed E-state index contributed by atoms with van der Waals surface area (Å²) in [4.78, 5) is 13.7. The molecule has 1 aromatic carbocycles. The molecule has 3 rings (SSSR count). The first kappa shape index (κ1) is 12.4. The highest BCUT2D eigenvalue weighted by Crippen LogP contribution is 2.44. The summed E-state index contributed by atoms with van der Waals surface area (Å²) in [7, 11) is 1.65. The van der Waals surface area contributed by atoms with E-state index in [1.54, 1.807) is 14.0 Å². The van der Waals surface area contributed by atoms with E-state index in [0.29, 0.717) is 13.2 Å². The van der Waals surface area contributed by atoms with Gasteiger partial charge in [0.2, 0.25) is 5.91 Å². The standard InChI is InChI=1S/C14H18N2O3/c1-9(17)16-7-5-12(15(2)18)10-3-4-13-11(14(10)16)6-8-19-13/h3-4,12,18H,5-8H2,1-2H3. The molecule has 2 aliphatic heterocycles. The number of anilines is 1. The normalized spacial score (nSPS) is 21.1. The van der Waals surface area contributed by atoms with Gasteiger partial charge in [-0.15, -0.1) is 0 Å². The van der Waals surface area contributed by atoms with Gasteiger partial charge in [0.25, 0.3) is 0 Å². The van der Waals surface area contributed by atoms with E-state index in [-0.39, 0.29) is 11.9 Å². The summed E-state index contributed by atoms with van der Waals surface area (Å²) in [6.07, 6.45) is 1.56. The lowest BCUT2D eigenvalue weighted by atomic mass is 9.92. The molecular formula is C14H18N2O3. The van der Waals surface area contributed by atoms with Gasteiger partial charge in [-0.25, -0.2) is 0 Å². The van der Waals surface area contributed by atoms with E-state index in [1.165, 1.54) is 5.06 Å². The minimum Gasteiger partial charge on any atom is -0.493 e. The summed E-state index contributed by atoms with van der Waals surface area (Å²) in [6, 6.07) is 3.85. The number of ether oxygens (including phenoxy) is 1. The number of amides is 1. The maximum absolute atomic E-state index is 11.8. The van der Waals surface area contributed by atoms with Crippen molar-refractivity contribution in [1.82, 2.24) is 5.06 Å². The number of hydroxylamine groups is 2. The summed E-state index contributed by atoms with van der Waals surface area (Å²) in [6.45, 7) is 2.88. The van der Waals surface area contributed by atoms with Crippen LogP contribution >= 0.6 is 0 Å². The number of nitrogens with zero attached hydrogens (tertiary/aromatic N) is 2. The van der Waals surface area contributed by atoms with Crippen LogP contribution in [0.1, 0.15) is 30.5 Å². The number of hydrogen-bond donors (Lipinski definition) is 1. The van der Waals surface area contributed by atoms with E-state index in [0.717, 1.165) is 35.4 Å². The molecule has 2 heterocycles. The predicted octanol–water partition coefficient (Wildman–Crippen LogP) is 1.74. The first-order valence-corrected chi connectivity index (χ1v) is 6.58. The van der Waals surface area contributed by atoms with Crippen molar-refractivity contribution in [2.24, 2.45) is 0 Å². The van der Waals surface area contributed by atoms with Gasteiger partial charge in [-0.1, -0.05) is 6.07 Å². The van der Waals surface area contributed by atoms with Gasteiger partial charge in [-0.2, -0.15) is 5.06 Å². The third-order valence-electron chi connectivity index (χ3n) is 3.97. The average molecular weight is 262 g/mol. The molecule has 0 radical (unpaired) electrons. The monoisotopic (exact) mass is 262 g/mol. The Balaban J connectivity index is 2.17. The molecule has 1 amide bonds. The molecule has 2 aliphatic rings. The molecule has 0 bridgehead atoms. The molecule has 5 nitrogen and oxygen atoms in total. The molecule has 0 spiro atoms. The molecule has 1 unspecified atom stereocenters. The van der Waals surface area contributed by atoms with Gasteiger partial charge in [-0.3, -0.25) is 4.79 Å². The van der Waals surface area contributed by atoms with Crippen LogP contribution in [0.4, 0.5) is 5.69 Å². The molecule has 1 atom stereocenters. The first-order valence-electron chi connectivity index (χ1n) is 6.58. The maximum Gasteiger partial charge on any atom is 0.223 e. The minimum absolute atomic E-state index is 0.0422. The zero-order chi connectivity index (χ0) is 13.6. The van der Waals surface area contributed by atoms with Crippen LogP contribution in [-0.4, -0.2) is 36.4 Å². The third-order valence-corrected chi connectivity index (χ3v) is 3.97. The van der Waals surface area contributed by atoms with Gasteiger partial charge >= 0.3 is 0 Å². The van der Waals surface area contributed by atoms with E-state index in [2.05, 4.69) is 0 Å². The first-order chi connectivity index (χ1) is 9.09. The van der Waals surface area contributed by atoms with Crippen molar-refractivity contribution in [1.29, 1.82) is 0 Å². The van der Waals surface area contributed by atoms with Crippen LogP contribution in [-0.2, 0) is 11.2 Å². The number of hydrogen-bond acceptors (Lipinski definition) is 4. The Kier molecular flexibility index (Phi) is 2.95. The second-order valence-electron chi connectivity index (χ2n) is 5.13. The molecule has 1 N–H and O–H groups in total. The number of fused-ring (bicyclic) bond motifs is 3. The van der Waals surface area contributed by atoms with Crippen LogP contribution < -0.4 is 9.64 Å². The summed E-state index contributed by atoms with van der Waals surface area (Å²) in [5, 5.41) is 11.0. The number of carbonyl (C=O) groups excluding carboxylic acids is 1. The Hall–Kier alpha value is -1.59. The lowest BCUT2D eigenvalue weighted by Gasteiger charge is -2.37. The Labute approximate surface area is 112 Å². The van der Waals surface area contributed by atoms with E-state index < -0.39 is 0 Å². The summed E-state index contributed by atoms with van der Waals surface area (Å²) < 4.78 is 5.57. The topological polar surface area (TPSA) is 53.0 Å². The fourth-order valence-electron chi connectivity index (χ4n) is 3.09. The molecular weight excluding hydrogens is 244 g/mol. The zero-order valence-corrected chi connectivity index (χ0v) is 11.2. The SMILES string of the molecule is CC(=O)N1CCC(N(C)O)c2ccc3c(c21)CCO3. The second-order valence-corrected chi connectivity index (χ2v) is 5.13. The van der Waals surface area contributed by atoms with Crippen molar-refractivity contribution >= 4 is 11.6 Å². The van der Waals surface area contributed by atoms with Gasteiger partial charge < -0.3 is 14.8 Å². The van der Waals surface area contributed by atoms with E-state index in [1.807, 2.05) is 17.0 Å². The van der Waals surface area contributed by atoms with Gasteiger partial charge in [0.1, 0.15) is 5.75 Å². The molecule has 102 valence electrons. The molecule has 0 fully saturated rings. The minimum atomic E-state index is -0.0588. The van der Waals surface area contributed by atoms with Crippen molar-refractivity contribution in [3.05, 3.63) is 23.3 Å². The summed E-state index contributed by atoms with van der Waals surface area (Å²) >= 11 is 0. The quantitative estimate of drug-likeness (QED) is 0.783. The van der Waals surface area contributed by atoms with E-state index in [9.17, 15) is 10.0 Å². The third kappa shape index (κ3) is 1.89. The van der Waals surface area contributed by atoms with Gasteiger partial charge in [0, 0.05) is 32.5 Å². The Morgan fingerprint density at radius 2 is 2.32 bits per heavy atom. The second kappa shape index (κ2) is 4.51. The molecule has 1 aromatic rings. The fraction of sp³-hybridized carbons (Fsp3) is 0.500. The molecule has 0 saturated carbocycles. The highest BCUT2D eigenvalue weighted by Gasteiger charge is 2.33. The van der Waals surface area contributed by atoms with Crippen LogP contribution in [0.25, 0.3) is 0 Å². The highest BCUT2D eigenvalue weighted by atomic mass is 16.5. The highest BCUT2D eigenvalue weighted by molar-refractivity contribution is 5.94. The molecule has 0 saturated heterocycles. The number of rotatable bonds is 1. The van der Waals surface area contributed by atoms with Crippen LogP contribution in [0.2, 0.25) is 0 Å². The summed E-state index contributed by atoms with van der Waals surface area (Å²) in [5.41, 5.74) is 3.05. The maximum atomic E-state index is 11.8. The van der Waals surface area contributed by atoms with Crippen LogP contribution in [0, 0.1) is 0 Å². The van der Waals surface area contributed by atoms with Crippen molar-refractivity contribution in [2.75, 3.05) is 25.1 Å². The van der Waals surface area contributed by atoms with E-state index in [4.69, 9.17) is 4.74 Å². The van der Waals surface area contributed by atoms with Gasteiger partial charge in [0.15, 0.2) is 0 Å². The van der Waals surface area contributed by atoms with Crippen LogP contribution in [0.3, 0.4) is 0 Å². The van der Waals surface area contributed by atoms with Crippen molar-refractivity contribution < 1.29 is 14.7 Å². The van der Waals surface area contributed by atoms with Crippen molar-refractivity contribution in [2.45, 2.75) is 25.8 Å². The Morgan fingerprint density at radius 1 is 1.53 bits per heavy atom. The average Bonchev–Trinajstić information content (AvgIpc) is 2.85. The van der Waals surface area contributed by atoms with Crippen LogP contribution in [0.15, 0.2) is 12.1 Å². The number of benzene rings is 1. The van der Waals surface area contributed by atoms with Crippen molar-refractivity contribution in [3.8, 4) is 5.75 Å². The van der Waals surface area contributed by atoms with Gasteiger partial charge in [-0.05, 0) is 18.1 Å². The Morgan fingerprint density at radius 3 is 3.00 bits per heavy atom. The molecule has 19 heavy (non-hydrogen) atoms. The van der Waals surface area contributed by atoms with Gasteiger partial charge in [0.05, 0.1) is 18.3 Å². The lowest BCUT2D eigenvalue weighted by molar-refractivity contribution is -0.118. The number of carbonyl (C=O) groups is 1. The fourth-order valence-corrected chi connectivity index (χ4v) is 3.09.